The van der Waals surface area contributed by atoms with Gasteiger partial charge in [0.1, 0.15) is 0 Å². The second-order valence-corrected chi connectivity index (χ2v) is 5.14. The van der Waals surface area contributed by atoms with Crippen molar-refractivity contribution in [3.05, 3.63) is 0 Å². The second kappa shape index (κ2) is 5.84. The fourth-order valence-corrected chi connectivity index (χ4v) is 2.34. The van der Waals surface area contributed by atoms with Crippen LogP contribution in [0.5, 0.6) is 0 Å². The van der Waals surface area contributed by atoms with Crippen LogP contribution in [0.15, 0.2) is 0 Å². The molecule has 1 fully saturated rings. The first-order chi connectivity index (χ1) is 8.31. The van der Waals surface area contributed by atoms with Crippen molar-refractivity contribution in [1.82, 2.24) is 5.32 Å². The highest BCUT2D eigenvalue weighted by atomic mass is 16.4. The van der Waals surface area contributed by atoms with E-state index in [1.165, 1.54) is 0 Å². The highest BCUT2D eigenvalue weighted by molar-refractivity contribution is 5.82. The Bertz CT molecular complexity index is 330. The first-order valence-corrected chi connectivity index (χ1v) is 6.07. The van der Waals surface area contributed by atoms with Crippen LogP contribution in [0.25, 0.3) is 0 Å². The maximum Gasteiger partial charge on any atom is 0.306 e. The third-order valence-corrected chi connectivity index (χ3v) is 3.21. The number of rotatable bonds is 4. The van der Waals surface area contributed by atoms with E-state index in [0.29, 0.717) is 0 Å². The molecule has 1 amide bonds. The Hall–Kier alpha value is -1.59. The van der Waals surface area contributed by atoms with E-state index >= 15 is 0 Å². The molecular formula is C12H19NO5. The Morgan fingerprint density at radius 1 is 0.944 bits per heavy atom. The van der Waals surface area contributed by atoms with Gasteiger partial charge in [-0.15, -0.1) is 0 Å². The molecule has 6 heteroatoms. The molecule has 3 atom stereocenters. The van der Waals surface area contributed by atoms with Crippen molar-refractivity contribution in [2.75, 3.05) is 0 Å². The minimum absolute atomic E-state index is 0.0361. The van der Waals surface area contributed by atoms with Crippen molar-refractivity contribution >= 4 is 17.8 Å². The van der Waals surface area contributed by atoms with Crippen LogP contribution in [0.4, 0.5) is 0 Å². The highest BCUT2D eigenvalue weighted by Gasteiger charge is 2.39. The summed E-state index contributed by atoms with van der Waals surface area (Å²) >= 11 is 0. The van der Waals surface area contributed by atoms with Gasteiger partial charge in [0, 0.05) is 12.0 Å². The number of carbonyl (C=O) groups excluding carboxylic acids is 1. The molecule has 1 aliphatic rings. The first-order valence-electron chi connectivity index (χ1n) is 6.07. The number of carboxylic acid groups (broad SMARTS) is 2. The zero-order valence-electron chi connectivity index (χ0n) is 10.5. The second-order valence-electron chi connectivity index (χ2n) is 5.14. The van der Waals surface area contributed by atoms with Crippen molar-refractivity contribution in [3.8, 4) is 0 Å². The van der Waals surface area contributed by atoms with Crippen LogP contribution in [0.2, 0.25) is 0 Å². The SMILES string of the molecule is CC(C)NC(=O)C1CC(C(=O)O)C[C@H](C(=O)O)C1. The summed E-state index contributed by atoms with van der Waals surface area (Å²) < 4.78 is 0. The van der Waals surface area contributed by atoms with Gasteiger partial charge < -0.3 is 15.5 Å². The largest absolute Gasteiger partial charge is 0.481 e. The number of hydrogen-bond donors (Lipinski definition) is 3. The third-order valence-electron chi connectivity index (χ3n) is 3.21. The number of aliphatic carboxylic acids is 2. The number of amides is 1. The van der Waals surface area contributed by atoms with E-state index in [1.54, 1.807) is 0 Å². The van der Waals surface area contributed by atoms with E-state index in [4.69, 9.17) is 10.2 Å². The standard InChI is InChI=1S/C12H19NO5/c1-6(2)13-10(14)7-3-8(11(15)16)5-9(4-7)12(17)18/h6-9H,3-5H2,1-2H3,(H,13,14)(H,15,16)(H,17,18)/t7?,8-,9?/m1/s1. The summed E-state index contributed by atoms with van der Waals surface area (Å²) in [4.78, 5) is 33.8. The van der Waals surface area contributed by atoms with E-state index < -0.39 is 29.7 Å². The van der Waals surface area contributed by atoms with Gasteiger partial charge in [-0.1, -0.05) is 0 Å². The van der Waals surface area contributed by atoms with Crippen LogP contribution < -0.4 is 5.32 Å². The summed E-state index contributed by atoms with van der Waals surface area (Å²) in [5, 5.41) is 20.7. The zero-order chi connectivity index (χ0) is 13.9. The summed E-state index contributed by atoms with van der Waals surface area (Å²) in [6.45, 7) is 3.62. The monoisotopic (exact) mass is 257 g/mol. The van der Waals surface area contributed by atoms with Gasteiger partial charge in [-0.3, -0.25) is 14.4 Å². The molecule has 0 aliphatic heterocycles. The Labute approximate surface area is 105 Å². The highest BCUT2D eigenvalue weighted by Crippen LogP contribution is 2.34. The lowest BCUT2D eigenvalue weighted by atomic mass is 9.74. The Morgan fingerprint density at radius 2 is 1.33 bits per heavy atom. The zero-order valence-corrected chi connectivity index (χ0v) is 10.5. The molecule has 0 spiro atoms. The lowest BCUT2D eigenvalue weighted by Gasteiger charge is -2.30. The molecule has 18 heavy (non-hydrogen) atoms. The summed E-state index contributed by atoms with van der Waals surface area (Å²) in [5.41, 5.74) is 0. The number of hydrogen-bond acceptors (Lipinski definition) is 3. The fourth-order valence-electron chi connectivity index (χ4n) is 2.34. The Kier molecular flexibility index (Phi) is 4.69. The van der Waals surface area contributed by atoms with Crippen LogP contribution in [0, 0.1) is 17.8 Å². The molecule has 1 saturated carbocycles. The molecule has 2 unspecified atom stereocenters. The number of carbonyl (C=O) groups is 3. The maximum atomic E-state index is 11.8. The number of carboxylic acids is 2. The topological polar surface area (TPSA) is 104 Å². The summed E-state index contributed by atoms with van der Waals surface area (Å²) in [7, 11) is 0. The average Bonchev–Trinajstić information content (AvgIpc) is 2.27. The van der Waals surface area contributed by atoms with E-state index in [9.17, 15) is 14.4 Å². The maximum absolute atomic E-state index is 11.8. The molecule has 0 aromatic rings. The van der Waals surface area contributed by atoms with E-state index in [1.807, 2.05) is 13.8 Å². The lowest BCUT2D eigenvalue weighted by molar-refractivity contribution is -0.150. The molecule has 6 nitrogen and oxygen atoms in total. The molecule has 0 bridgehead atoms. The van der Waals surface area contributed by atoms with Crippen LogP contribution in [0.3, 0.4) is 0 Å². The van der Waals surface area contributed by atoms with Crippen molar-refractivity contribution < 1.29 is 24.6 Å². The normalized spacial score (nSPS) is 27.8. The molecule has 3 N–H and O–H groups in total. The predicted molar refractivity (Wildman–Crippen MR) is 62.9 cm³/mol. The fraction of sp³-hybridized carbons (Fsp3) is 0.750. The van der Waals surface area contributed by atoms with Crippen molar-refractivity contribution in [2.45, 2.75) is 39.2 Å². The number of nitrogens with one attached hydrogen (secondary N) is 1. The minimum Gasteiger partial charge on any atom is -0.481 e. The van der Waals surface area contributed by atoms with Crippen LogP contribution in [-0.4, -0.2) is 34.1 Å². The lowest BCUT2D eigenvalue weighted by Crippen LogP contribution is -2.41. The molecule has 1 aliphatic carbocycles. The molecule has 0 heterocycles. The van der Waals surface area contributed by atoms with Gasteiger partial charge in [0.05, 0.1) is 11.8 Å². The van der Waals surface area contributed by atoms with Gasteiger partial charge >= 0.3 is 11.9 Å². The third kappa shape index (κ3) is 3.72. The average molecular weight is 257 g/mol. The van der Waals surface area contributed by atoms with Crippen LogP contribution in [0.1, 0.15) is 33.1 Å². The summed E-state index contributed by atoms with van der Waals surface area (Å²) in [5.74, 6) is -4.32. The van der Waals surface area contributed by atoms with Crippen LogP contribution in [-0.2, 0) is 14.4 Å². The summed E-state index contributed by atoms with van der Waals surface area (Å²) in [6.07, 6.45) is 0.547. The van der Waals surface area contributed by atoms with Crippen molar-refractivity contribution in [3.63, 3.8) is 0 Å². The molecule has 1 rings (SSSR count). The van der Waals surface area contributed by atoms with Gasteiger partial charge in [0.25, 0.3) is 0 Å². The summed E-state index contributed by atoms with van der Waals surface area (Å²) in [6, 6.07) is -0.0361. The van der Waals surface area contributed by atoms with E-state index in [2.05, 4.69) is 5.32 Å². The quantitative estimate of drug-likeness (QED) is 0.688. The smallest absolute Gasteiger partial charge is 0.306 e. The molecule has 0 radical (unpaired) electrons. The Balaban J connectivity index is 2.75. The Morgan fingerprint density at radius 3 is 1.67 bits per heavy atom. The van der Waals surface area contributed by atoms with Crippen LogP contribution >= 0.6 is 0 Å². The van der Waals surface area contributed by atoms with Gasteiger partial charge in [-0.05, 0) is 33.1 Å². The molecular weight excluding hydrogens is 238 g/mol. The van der Waals surface area contributed by atoms with E-state index in [-0.39, 0.29) is 31.2 Å². The van der Waals surface area contributed by atoms with Crippen molar-refractivity contribution in [2.24, 2.45) is 17.8 Å². The van der Waals surface area contributed by atoms with Gasteiger partial charge in [-0.2, -0.15) is 0 Å². The molecule has 0 saturated heterocycles. The van der Waals surface area contributed by atoms with E-state index in [0.717, 1.165) is 0 Å². The first kappa shape index (κ1) is 14.5. The predicted octanol–water partition coefficient (Wildman–Crippen LogP) is 0.713. The molecule has 0 aromatic heterocycles. The minimum atomic E-state index is -1.02. The van der Waals surface area contributed by atoms with Gasteiger partial charge in [0.2, 0.25) is 5.91 Å². The molecule has 0 aromatic carbocycles. The van der Waals surface area contributed by atoms with Crippen molar-refractivity contribution in [1.29, 1.82) is 0 Å². The van der Waals surface area contributed by atoms with Gasteiger partial charge in [0.15, 0.2) is 0 Å². The van der Waals surface area contributed by atoms with Gasteiger partial charge in [-0.25, -0.2) is 0 Å². The molecule has 102 valence electrons.